The van der Waals surface area contributed by atoms with Gasteiger partial charge >= 0.3 is 0 Å². The van der Waals surface area contributed by atoms with Crippen LogP contribution in [0.25, 0.3) is 0 Å². The summed E-state index contributed by atoms with van der Waals surface area (Å²) < 4.78 is 10.5. The fourth-order valence-electron chi connectivity index (χ4n) is 0. The molecule has 1 N–H and O–H groups in total. The van der Waals surface area contributed by atoms with Crippen LogP contribution in [0.1, 0.15) is 6.92 Å². The van der Waals surface area contributed by atoms with Crippen LogP contribution in [0.15, 0.2) is 14.2 Å². The zero-order chi connectivity index (χ0) is 4.83. The summed E-state index contributed by atoms with van der Waals surface area (Å²) in [7, 11) is 0. The maximum absolute atomic E-state index is 7.57. The van der Waals surface area contributed by atoms with Crippen molar-refractivity contribution in [1.82, 2.24) is 0 Å². The van der Waals surface area contributed by atoms with Crippen LogP contribution < -0.4 is 0 Å². The van der Waals surface area contributed by atoms with Crippen molar-refractivity contribution >= 4 is 0 Å². The molecule has 1 aromatic rings. The number of aliphatic hydroxyl groups excluding tert-OH is 1. The Bertz CT molecular complexity index is 42.6. The predicted molar refractivity (Wildman–Crippen MR) is 16.0 cm³/mol. The zero-order valence-electron chi connectivity index (χ0n) is 3.38. The van der Waals surface area contributed by atoms with Crippen molar-refractivity contribution in [3.63, 3.8) is 0 Å². The molecule has 0 atom stereocenters. The van der Waals surface area contributed by atoms with Crippen LogP contribution >= 0.6 is 0 Å². The Morgan fingerprint density at radius 1 is 1.33 bits per heavy atom. The Balaban J connectivity index is 0.0000000833. The minimum absolute atomic E-state index is 0.250. The number of rotatable bonds is 0. The molecule has 6 heavy (non-hydrogen) atoms. The zero-order valence-corrected chi connectivity index (χ0v) is 3.38. The fraction of sp³-hybridized carbons (Fsp3) is 1.00. The summed E-state index contributed by atoms with van der Waals surface area (Å²) in [6.07, 6.45) is 0. The molecule has 0 saturated carbocycles. The lowest BCUT2D eigenvalue weighted by molar-refractivity contribution is 0.264. The topological polar surface area (TPSA) is 59.7 Å². The molecule has 1 aromatic heterocycles. The highest BCUT2D eigenvalue weighted by Crippen LogP contribution is 1.79. The molecule has 4 heteroatoms. The molecule has 0 amide bonds. The lowest BCUT2D eigenvalue weighted by Gasteiger charge is -1.52. The molecule has 0 unspecified atom stereocenters. The van der Waals surface area contributed by atoms with Crippen LogP contribution in [-0.2, 0) is 0 Å². The highest BCUT2D eigenvalue weighted by atomic mass is 17.6. The third-order valence-corrected chi connectivity index (χ3v) is 0.0680. The summed E-state index contributed by atoms with van der Waals surface area (Å²) in [5.41, 5.74) is 0. The first-order chi connectivity index (χ1) is 2.91. The van der Waals surface area contributed by atoms with Gasteiger partial charge in [-0.1, -0.05) is 0 Å². The van der Waals surface area contributed by atoms with Crippen molar-refractivity contribution in [1.29, 1.82) is 0 Å². The van der Waals surface area contributed by atoms with Crippen molar-refractivity contribution in [3.05, 3.63) is 0 Å². The Labute approximate surface area is 34.1 Å². The van der Waals surface area contributed by atoms with E-state index in [2.05, 4.69) is 14.2 Å². The van der Waals surface area contributed by atoms with Gasteiger partial charge in [-0.05, 0) is 6.92 Å². The molecule has 0 saturated heterocycles. The van der Waals surface area contributed by atoms with Gasteiger partial charge in [0, 0.05) is 20.8 Å². The lowest BCUT2D eigenvalue weighted by Crippen LogP contribution is -1.57. The van der Waals surface area contributed by atoms with E-state index in [1.807, 2.05) is 0 Å². The molecule has 0 aromatic carbocycles. The smallest absolute Gasteiger partial charge is 0.0402 e. The van der Waals surface area contributed by atoms with Crippen molar-refractivity contribution in [2.24, 2.45) is 0 Å². The molecule has 1 heterocycles. The van der Waals surface area contributed by atoms with E-state index >= 15 is 0 Å². The third kappa shape index (κ3) is 144. The van der Waals surface area contributed by atoms with E-state index < -0.39 is 0 Å². The van der Waals surface area contributed by atoms with Crippen LogP contribution in [0.4, 0.5) is 0 Å². The van der Waals surface area contributed by atoms with Crippen molar-refractivity contribution in [3.8, 4) is 0 Å². The maximum atomic E-state index is 7.57. The predicted octanol–water partition coefficient (Wildman–Crippen LogP) is 0.464. The van der Waals surface area contributed by atoms with Gasteiger partial charge in [0.15, 0.2) is 0 Å². The molecule has 0 aliphatic carbocycles. The van der Waals surface area contributed by atoms with E-state index in [1.54, 1.807) is 6.92 Å². The summed E-state index contributed by atoms with van der Waals surface area (Å²) in [6, 6.07) is 0. The second-order valence-corrected chi connectivity index (χ2v) is 0.520. The standard InChI is InChI=1S/C2H6O.O3/c1-2-3;1-2-3-1/h3H,2H2,1H3;. The van der Waals surface area contributed by atoms with Crippen molar-refractivity contribution in [2.45, 2.75) is 6.92 Å². The highest BCUT2D eigenvalue weighted by Gasteiger charge is 1.63. The van der Waals surface area contributed by atoms with Crippen molar-refractivity contribution in [2.75, 3.05) is 6.61 Å². The quantitative estimate of drug-likeness (QED) is 0.474. The SMILES string of the molecule is CCO.o1oo1. The summed E-state index contributed by atoms with van der Waals surface area (Å²) in [5, 5.41) is 7.57. The molecule has 1 rings (SSSR count). The Hall–Kier alpha value is -0.640. The first-order valence-corrected chi connectivity index (χ1v) is 1.52. The van der Waals surface area contributed by atoms with E-state index in [0.29, 0.717) is 0 Å². The Morgan fingerprint density at radius 2 is 1.50 bits per heavy atom. The third-order valence-electron chi connectivity index (χ3n) is 0.0680. The second-order valence-electron chi connectivity index (χ2n) is 0.520. The molecule has 0 spiro atoms. The number of aliphatic hydroxyl groups is 1. The average molecular weight is 94.1 g/mol. The van der Waals surface area contributed by atoms with Gasteiger partial charge in [0.05, 0.1) is 0 Å². The van der Waals surface area contributed by atoms with Gasteiger partial charge < -0.3 is 5.11 Å². The van der Waals surface area contributed by atoms with Gasteiger partial charge in [-0.15, -0.1) is 0 Å². The van der Waals surface area contributed by atoms with Crippen molar-refractivity contribution < 1.29 is 19.3 Å². The number of hydrogen-bond acceptors (Lipinski definition) is 4. The average Bonchev–Trinajstić information content (AvgIpc) is 2.11. The summed E-state index contributed by atoms with van der Waals surface area (Å²) in [6.45, 7) is 1.93. The van der Waals surface area contributed by atoms with Crippen LogP contribution in [0.2, 0.25) is 0 Å². The van der Waals surface area contributed by atoms with Gasteiger partial charge in [0.1, 0.15) is 0 Å². The lowest BCUT2D eigenvalue weighted by atomic mass is 10.9. The molecule has 0 bridgehead atoms. The molecule has 0 aliphatic rings. The van der Waals surface area contributed by atoms with E-state index in [-0.39, 0.29) is 6.61 Å². The second kappa shape index (κ2) is 4.36. The van der Waals surface area contributed by atoms with Crippen LogP contribution in [0.3, 0.4) is 0 Å². The highest BCUT2D eigenvalue weighted by molar-refractivity contribution is 3.84. The molecule has 4 nitrogen and oxygen atoms in total. The molecular weight excluding hydrogens is 88.0 g/mol. The van der Waals surface area contributed by atoms with Crippen LogP contribution in [-0.4, -0.2) is 11.7 Å². The minimum atomic E-state index is 0.250. The Morgan fingerprint density at radius 3 is 1.50 bits per heavy atom. The van der Waals surface area contributed by atoms with Crippen LogP contribution in [0, 0.1) is 0 Å². The summed E-state index contributed by atoms with van der Waals surface area (Å²) in [5.74, 6) is 0. The van der Waals surface area contributed by atoms with E-state index in [4.69, 9.17) is 5.11 Å². The largest absolute Gasteiger partial charge is 0.397 e. The first-order valence-electron chi connectivity index (χ1n) is 1.52. The first kappa shape index (κ1) is 5.36. The van der Waals surface area contributed by atoms with E-state index in [0.717, 1.165) is 0 Å². The molecule has 0 fully saturated rings. The van der Waals surface area contributed by atoms with E-state index in [9.17, 15) is 0 Å². The van der Waals surface area contributed by atoms with Crippen LogP contribution in [0.5, 0.6) is 0 Å². The normalized spacial score (nSPS) is 7.00. The number of hydrogen-bond donors (Lipinski definition) is 1. The fourth-order valence-corrected chi connectivity index (χ4v) is 0. The summed E-state index contributed by atoms with van der Waals surface area (Å²) in [4.78, 5) is 0. The van der Waals surface area contributed by atoms with Gasteiger partial charge in [0.2, 0.25) is 0 Å². The molecular formula is C2H6O4. The van der Waals surface area contributed by atoms with Gasteiger partial charge in [-0.3, -0.25) is 0 Å². The molecule has 0 aliphatic heterocycles. The molecule has 0 radical (unpaired) electrons. The Kier molecular flexibility index (Phi) is 3.89. The van der Waals surface area contributed by atoms with E-state index in [1.165, 1.54) is 0 Å². The van der Waals surface area contributed by atoms with Gasteiger partial charge in [-0.25, -0.2) is 0 Å². The minimum Gasteiger partial charge on any atom is -0.397 e. The van der Waals surface area contributed by atoms with Gasteiger partial charge in [0.25, 0.3) is 0 Å². The molecule has 38 valence electrons. The van der Waals surface area contributed by atoms with Gasteiger partial charge in [-0.2, -0.15) is 0 Å². The summed E-state index contributed by atoms with van der Waals surface area (Å²) >= 11 is 0. The monoisotopic (exact) mass is 94.0 g/mol. The maximum Gasteiger partial charge on any atom is 0.0402 e.